The number of benzene rings is 1. The number of sulfonamides is 1. The van der Waals surface area contributed by atoms with Gasteiger partial charge in [0.2, 0.25) is 21.8 Å². The van der Waals surface area contributed by atoms with Crippen LogP contribution in [-0.2, 0) is 21.4 Å². The third-order valence-electron chi connectivity index (χ3n) is 6.41. The van der Waals surface area contributed by atoms with Gasteiger partial charge in [0.15, 0.2) is 0 Å². The Labute approximate surface area is 172 Å². The van der Waals surface area contributed by atoms with Gasteiger partial charge in [-0.25, -0.2) is 13.4 Å². The highest BCUT2D eigenvalue weighted by atomic mass is 32.2. The summed E-state index contributed by atoms with van der Waals surface area (Å²) in [5, 5.41) is 2.97. The summed E-state index contributed by atoms with van der Waals surface area (Å²) in [5.74, 6) is 0.846. The minimum absolute atomic E-state index is 0.0139. The molecule has 8 heteroatoms. The number of nitrogens with one attached hydrogen (secondary N) is 2. The van der Waals surface area contributed by atoms with Crippen LogP contribution >= 0.6 is 0 Å². The van der Waals surface area contributed by atoms with Gasteiger partial charge in [0.25, 0.3) is 0 Å². The first-order chi connectivity index (χ1) is 13.4. The van der Waals surface area contributed by atoms with Gasteiger partial charge >= 0.3 is 0 Å². The van der Waals surface area contributed by atoms with Crippen molar-refractivity contribution in [2.45, 2.75) is 48.1 Å². The Morgan fingerprint density at radius 2 is 1.79 bits per heavy atom. The third kappa shape index (κ3) is 3.90. The van der Waals surface area contributed by atoms with Crippen molar-refractivity contribution >= 4 is 21.6 Å². The third-order valence-corrected chi connectivity index (χ3v) is 7.70. The zero-order valence-corrected chi connectivity index (χ0v) is 18.6. The highest BCUT2D eigenvalue weighted by Crippen LogP contribution is 2.68. The van der Waals surface area contributed by atoms with E-state index >= 15 is 0 Å². The Hall–Kier alpha value is -2.35. The lowest BCUT2D eigenvalue weighted by Crippen LogP contribution is -2.27. The summed E-state index contributed by atoms with van der Waals surface area (Å²) in [6.07, 6.45) is 0. The second-order valence-electron chi connectivity index (χ2n) is 8.67. The molecule has 1 aromatic carbocycles. The Bertz CT molecular complexity index is 1020. The van der Waals surface area contributed by atoms with Gasteiger partial charge in [-0.3, -0.25) is 9.52 Å². The van der Waals surface area contributed by atoms with Crippen LogP contribution in [0, 0.1) is 23.7 Å². The first kappa shape index (κ1) is 21.4. The van der Waals surface area contributed by atoms with Gasteiger partial charge in [0.1, 0.15) is 11.5 Å². The van der Waals surface area contributed by atoms with Gasteiger partial charge < -0.3 is 9.73 Å². The lowest BCUT2D eigenvalue weighted by molar-refractivity contribution is -0.123. The van der Waals surface area contributed by atoms with Crippen molar-refractivity contribution in [2.75, 3.05) is 10.5 Å². The molecular formula is C21H29N3O4S. The number of hydrogen-bond donors (Lipinski definition) is 2. The van der Waals surface area contributed by atoms with Crippen molar-refractivity contribution in [3.05, 3.63) is 35.7 Å². The van der Waals surface area contributed by atoms with Crippen molar-refractivity contribution in [1.29, 1.82) is 0 Å². The van der Waals surface area contributed by atoms with Crippen molar-refractivity contribution in [2.24, 2.45) is 16.7 Å². The molecule has 0 bridgehead atoms. The van der Waals surface area contributed by atoms with Crippen LogP contribution in [0.25, 0.3) is 11.5 Å². The summed E-state index contributed by atoms with van der Waals surface area (Å²) in [6, 6.07) is 6.95. The average Bonchev–Trinajstić information content (AvgIpc) is 2.89. The molecule has 1 fully saturated rings. The second-order valence-corrected chi connectivity index (χ2v) is 10.7. The van der Waals surface area contributed by atoms with Gasteiger partial charge in [-0.15, -0.1) is 0 Å². The summed E-state index contributed by atoms with van der Waals surface area (Å²) in [4.78, 5) is 17.1. The molecule has 1 aliphatic rings. The lowest BCUT2D eigenvalue weighted by Gasteiger charge is -2.09. The lowest BCUT2D eigenvalue weighted by atomic mass is 10.0. The molecule has 1 saturated carbocycles. The molecule has 0 radical (unpaired) electrons. The number of nitrogens with zero attached hydrogens (tertiary/aromatic N) is 1. The summed E-state index contributed by atoms with van der Waals surface area (Å²) in [7, 11) is -3.43. The van der Waals surface area contributed by atoms with Crippen LogP contribution < -0.4 is 10.0 Å². The van der Waals surface area contributed by atoms with Gasteiger partial charge in [-0.1, -0.05) is 39.8 Å². The van der Waals surface area contributed by atoms with Crippen LogP contribution in [0.4, 0.5) is 5.69 Å². The number of hydrogen-bond acceptors (Lipinski definition) is 5. The number of anilines is 1. The first-order valence-corrected chi connectivity index (χ1v) is 11.4. The van der Waals surface area contributed by atoms with Gasteiger partial charge in [0, 0.05) is 5.92 Å². The fraction of sp³-hybridized carbons (Fsp3) is 0.524. The Kier molecular flexibility index (Phi) is 5.28. The fourth-order valence-corrected chi connectivity index (χ4v) is 4.49. The molecule has 7 nitrogen and oxygen atoms in total. The standard InChI is InChI=1S/C21H29N3O4S/c1-7-29(26,27)24-15-11-9-8-10-14(15)19-23-16(13(2)28-19)12-22-18(25)17-20(3,4)21(17,5)6/h8-11,17,24H,7,12H2,1-6H3,(H,22,25). The van der Waals surface area contributed by atoms with Crippen molar-refractivity contribution in [3.8, 4) is 11.5 Å². The molecule has 1 amide bonds. The van der Waals surface area contributed by atoms with Crippen molar-refractivity contribution < 1.29 is 17.6 Å². The summed E-state index contributed by atoms with van der Waals surface area (Å²) in [5.41, 5.74) is 1.52. The molecule has 1 aromatic heterocycles. The van der Waals surface area contributed by atoms with Crippen LogP contribution in [0.2, 0.25) is 0 Å². The second kappa shape index (κ2) is 7.16. The molecule has 3 rings (SSSR count). The van der Waals surface area contributed by atoms with E-state index in [0.717, 1.165) is 0 Å². The molecule has 2 aromatic rings. The molecule has 2 N–H and O–H groups in total. The smallest absolute Gasteiger partial charge is 0.232 e. The van der Waals surface area contributed by atoms with E-state index in [1.807, 2.05) is 0 Å². The molecule has 0 aliphatic heterocycles. The summed E-state index contributed by atoms with van der Waals surface area (Å²) >= 11 is 0. The molecule has 29 heavy (non-hydrogen) atoms. The van der Waals surface area contributed by atoms with Gasteiger partial charge in [0.05, 0.1) is 23.5 Å². The maximum absolute atomic E-state index is 12.6. The van der Waals surface area contributed by atoms with Crippen molar-refractivity contribution in [3.63, 3.8) is 0 Å². The number of aryl methyl sites for hydroxylation is 1. The Balaban J connectivity index is 1.77. The predicted molar refractivity (Wildman–Crippen MR) is 113 cm³/mol. The minimum atomic E-state index is -3.43. The zero-order valence-electron chi connectivity index (χ0n) is 17.8. The number of aromatic nitrogens is 1. The highest BCUT2D eigenvalue weighted by molar-refractivity contribution is 7.92. The molecule has 1 aliphatic carbocycles. The monoisotopic (exact) mass is 419 g/mol. The molecule has 158 valence electrons. The number of carbonyl (C=O) groups is 1. The Morgan fingerprint density at radius 1 is 1.17 bits per heavy atom. The van der Waals surface area contributed by atoms with E-state index < -0.39 is 10.0 Å². The van der Waals surface area contributed by atoms with Gasteiger partial charge in [-0.05, 0) is 36.8 Å². The van der Waals surface area contributed by atoms with Crippen LogP contribution in [0.1, 0.15) is 46.1 Å². The fourth-order valence-electron chi connectivity index (χ4n) is 3.83. The molecular weight excluding hydrogens is 390 g/mol. The van der Waals surface area contributed by atoms with Crippen LogP contribution in [0.3, 0.4) is 0 Å². The number of oxazole rings is 1. The number of para-hydroxylation sites is 1. The molecule has 1 heterocycles. The van der Waals surface area contributed by atoms with Crippen LogP contribution in [0.15, 0.2) is 28.7 Å². The maximum Gasteiger partial charge on any atom is 0.232 e. The van der Waals surface area contributed by atoms with E-state index in [9.17, 15) is 13.2 Å². The zero-order chi connectivity index (χ0) is 21.6. The van der Waals surface area contributed by atoms with E-state index in [-0.39, 0.29) is 35.0 Å². The highest BCUT2D eigenvalue weighted by Gasteiger charge is 2.68. The first-order valence-electron chi connectivity index (χ1n) is 9.74. The van der Waals surface area contributed by atoms with E-state index in [1.165, 1.54) is 0 Å². The topological polar surface area (TPSA) is 101 Å². The minimum Gasteiger partial charge on any atom is -0.441 e. The van der Waals surface area contributed by atoms with E-state index in [1.54, 1.807) is 38.1 Å². The number of carbonyl (C=O) groups excluding carboxylic acids is 1. The maximum atomic E-state index is 12.6. The molecule has 0 unspecified atom stereocenters. The summed E-state index contributed by atoms with van der Waals surface area (Å²) < 4.78 is 32.3. The quantitative estimate of drug-likeness (QED) is 0.712. The van der Waals surface area contributed by atoms with Crippen LogP contribution in [-0.4, -0.2) is 25.1 Å². The SMILES string of the molecule is CCS(=O)(=O)Nc1ccccc1-c1nc(CNC(=O)C2C(C)(C)C2(C)C)c(C)o1. The molecule has 0 saturated heterocycles. The van der Waals surface area contributed by atoms with E-state index in [2.05, 4.69) is 42.7 Å². The molecule has 0 atom stereocenters. The average molecular weight is 420 g/mol. The number of amides is 1. The summed E-state index contributed by atoms with van der Waals surface area (Å²) in [6.45, 7) is 12.0. The molecule has 0 spiro atoms. The van der Waals surface area contributed by atoms with Crippen molar-refractivity contribution in [1.82, 2.24) is 10.3 Å². The van der Waals surface area contributed by atoms with Gasteiger partial charge in [-0.2, -0.15) is 0 Å². The predicted octanol–water partition coefficient (Wildman–Crippen LogP) is 3.71. The normalized spacial score (nSPS) is 17.7. The van der Waals surface area contributed by atoms with E-state index in [4.69, 9.17) is 4.42 Å². The Morgan fingerprint density at radius 3 is 2.38 bits per heavy atom. The largest absolute Gasteiger partial charge is 0.441 e. The number of rotatable bonds is 7. The van der Waals surface area contributed by atoms with E-state index in [0.29, 0.717) is 28.6 Å². The van der Waals surface area contributed by atoms with Crippen LogP contribution in [0.5, 0.6) is 0 Å².